The van der Waals surface area contributed by atoms with E-state index in [2.05, 4.69) is 31.3 Å². The summed E-state index contributed by atoms with van der Waals surface area (Å²) >= 11 is 2.87. The van der Waals surface area contributed by atoms with Crippen LogP contribution >= 0.6 is 15.9 Å². The van der Waals surface area contributed by atoms with Crippen LogP contribution in [-0.4, -0.2) is 27.2 Å². The molecule has 3 rings (SSSR count). The zero-order chi connectivity index (χ0) is 22.8. The monoisotopic (exact) mass is 499 g/mol. The highest BCUT2D eigenvalue weighted by molar-refractivity contribution is 9.10. The van der Waals surface area contributed by atoms with Crippen LogP contribution in [0.1, 0.15) is 34.7 Å². The lowest BCUT2D eigenvalue weighted by Gasteiger charge is -2.17. The van der Waals surface area contributed by atoms with Gasteiger partial charge in [0.2, 0.25) is 0 Å². The summed E-state index contributed by atoms with van der Waals surface area (Å²) in [5, 5.41) is 6.75. The smallest absolute Gasteiger partial charge is 0.366 e. The van der Waals surface area contributed by atoms with Gasteiger partial charge in [-0.2, -0.15) is 18.3 Å². The van der Waals surface area contributed by atoms with Crippen LogP contribution in [0.4, 0.5) is 17.6 Å². The number of nitrogens with zero attached hydrogens (tertiary/aromatic N) is 3. The van der Waals surface area contributed by atoms with Gasteiger partial charge < -0.3 is 11.1 Å². The summed E-state index contributed by atoms with van der Waals surface area (Å²) in [7, 11) is 0. The Kier molecular flexibility index (Phi) is 6.75. The number of amides is 1. The van der Waals surface area contributed by atoms with Crippen LogP contribution in [0.15, 0.2) is 47.2 Å². The van der Waals surface area contributed by atoms with Crippen LogP contribution in [0.2, 0.25) is 0 Å². The van der Waals surface area contributed by atoms with E-state index in [1.165, 1.54) is 23.0 Å². The Morgan fingerprint density at radius 3 is 2.71 bits per heavy atom. The number of alkyl halides is 3. The van der Waals surface area contributed by atoms with Crippen LogP contribution in [-0.2, 0) is 12.7 Å². The normalized spacial score (nSPS) is 12.7. The number of halogens is 5. The van der Waals surface area contributed by atoms with E-state index in [0.717, 1.165) is 6.07 Å². The van der Waals surface area contributed by atoms with Crippen molar-refractivity contribution in [3.63, 3.8) is 0 Å². The minimum atomic E-state index is -4.54. The summed E-state index contributed by atoms with van der Waals surface area (Å²) in [6.07, 6.45) is -1.67. The number of nitrogens with two attached hydrogens (primary N) is 1. The first-order chi connectivity index (χ1) is 14.6. The number of rotatable bonds is 7. The number of hydrogen-bond donors (Lipinski definition) is 2. The van der Waals surface area contributed by atoms with Crippen LogP contribution in [0.5, 0.6) is 0 Å². The van der Waals surface area contributed by atoms with E-state index in [0.29, 0.717) is 23.4 Å². The molecule has 2 heterocycles. The van der Waals surface area contributed by atoms with E-state index in [4.69, 9.17) is 5.73 Å². The van der Waals surface area contributed by atoms with Crippen molar-refractivity contribution in [3.05, 3.63) is 70.0 Å². The molecule has 11 heteroatoms. The van der Waals surface area contributed by atoms with Crippen molar-refractivity contribution in [2.45, 2.75) is 25.7 Å². The second kappa shape index (κ2) is 9.15. The molecule has 0 unspecified atom stereocenters. The van der Waals surface area contributed by atoms with E-state index in [1.54, 1.807) is 18.3 Å². The number of benzene rings is 1. The van der Waals surface area contributed by atoms with Gasteiger partial charge >= 0.3 is 6.18 Å². The highest BCUT2D eigenvalue weighted by Gasteiger charge is 2.36. The molecule has 0 fully saturated rings. The van der Waals surface area contributed by atoms with Crippen molar-refractivity contribution in [1.82, 2.24) is 20.1 Å². The number of nitrogens with one attached hydrogen (secondary N) is 1. The second-order valence-corrected chi connectivity index (χ2v) is 7.61. The lowest BCUT2D eigenvalue weighted by atomic mass is 9.98. The summed E-state index contributed by atoms with van der Waals surface area (Å²) in [6.45, 7) is 2.35. The first kappa shape index (κ1) is 22.9. The molecule has 0 bridgehead atoms. The predicted octanol–water partition coefficient (Wildman–Crippen LogP) is 4.32. The molecule has 1 aromatic carbocycles. The molecule has 31 heavy (non-hydrogen) atoms. The third kappa shape index (κ3) is 5.28. The van der Waals surface area contributed by atoms with Gasteiger partial charge in [-0.15, -0.1) is 0 Å². The average Bonchev–Trinajstić information content (AvgIpc) is 3.09. The maximum Gasteiger partial charge on any atom is 0.436 e. The Balaban J connectivity index is 1.75. The van der Waals surface area contributed by atoms with Crippen LogP contribution in [0, 0.1) is 5.82 Å². The van der Waals surface area contributed by atoms with E-state index in [9.17, 15) is 22.4 Å². The van der Waals surface area contributed by atoms with Crippen LogP contribution in [0.25, 0.3) is 11.1 Å². The molecule has 6 nitrogen and oxygen atoms in total. The molecular formula is C20H18BrF4N5O. The number of pyridine rings is 1. The Bertz CT molecular complexity index is 1100. The van der Waals surface area contributed by atoms with Gasteiger partial charge in [0, 0.05) is 30.5 Å². The fraction of sp³-hybridized carbons (Fsp3) is 0.250. The molecule has 1 amide bonds. The molecule has 2 aromatic heterocycles. The van der Waals surface area contributed by atoms with Gasteiger partial charge in [0.15, 0.2) is 5.69 Å². The third-order valence-electron chi connectivity index (χ3n) is 4.57. The van der Waals surface area contributed by atoms with Gasteiger partial charge in [-0.05, 0) is 46.6 Å². The van der Waals surface area contributed by atoms with Crippen molar-refractivity contribution in [2.24, 2.45) is 5.73 Å². The number of primary amides is 1. The first-order valence-electron chi connectivity index (χ1n) is 9.16. The van der Waals surface area contributed by atoms with E-state index in [1.807, 2.05) is 6.92 Å². The lowest BCUT2D eigenvalue weighted by Crippen LogP contribution is -2.25. The fourth-order valence-electron chi connectivity index (χ4n) is 3.08. The van der Waals surface area contributed by atoms with Crippen LogP contribution in [0.3, 0.4) is 0 Å². The Morgan fingerprint density at radius 2 is 2.06 bits per heavy atom. The zero-order valence-corrected chi connectivity index (χ0v) is 17.8. The molecule has 0 saturated heterocycles. The summed E-state index contributed by atoms with van der Waals surface area (Å²) in [5.74, 6) is -1.59. The Hall–Kier alpha value is -2.79. The van der Waals surface area contributed by atoms with Crippen molar-refractivity contribution in [1.29, 1.82) is 0 Å². The predicted molar refractivity (Wildman–Crippen MR) is 109 cm³/mol. The minimum Gasteiger partial charge on any atom is -0.366 e. The molecule has 0 aliphatic heterocycles. The van der Waals surface area contributed by atoms with Crippen molar-refractivity contribution < 1.29 is 22.4 Å². The van der Waals surface area contributed by atoms with Gasteiger partial charge in [0.05, 0.1) is 22.3 Å². The molecule has 1 atom stereocenters. The van der Waals surface area contributed by atoms with E-state index >= 15 is 0 Å². The molecule has 164 valence electrons. The van der Waals surface area contributed by atoms with Crippen molar-refractivity contribution >= 4 is 21.8 Å². The third-order valence-corrected chi connectivity index (χ3v) is 5.15. The minimum absolute atomic E-state index is 0.123. The first-order valence-corrected chi connectivity index (χ1v) is 9.95. The Morgan fingerprint density at radius 1 is 1.32 bits per heavy atom. The van der Waals surface area contributed by atoms with Crippen molar-refractivity contribution in [3.8, 4) is 11.1 Å². The standard InChI is InChI=1S/C20H18BrF4N5O/c1-11(27-7-8-30-10-15(21)18(29-30)20(23,24)25)17-13(3-2-6-28-17)12-4-5-16(22)14(9-12)19(26)31/h2-6,9-11,27H,7-8H2,1H3,(H2,26,31)/t11-/m0/s1. The van der Waals surface area contributed by atoms with E-state index < -0.39 is 23.6 Å². The molecule has 3 aromatic rings. The number of hydrogen-bond acceptors (Lipinski definition) is 4. The van der Waals surface area contributed by atoms with Gasteiger partial charge in [0.25, 0.3) is 5.91 Å². The molecule has 0 aliphatic carbocycles. The summed E-state index contributed by atoms with van der Waals surface area (Å²) in [5.41, 5.74) is 5.90. The molecule has 0 aliphatic rings. The van der Waals surface area contributed by atoms with Gasteiger partial charge in [-0.1, -0.05) is 12.1 Å². The van der Waals surface area contributed by atoms with Gasteiger partial charge in [0.1, 0.15) is 5.82 Å². The largest absolute Gasteiger partial charge is 0.436 e. The maximum absolute atomic E-state index is 13.8. The van der Waals surface area contributed by atoms with Crippen LogP contribution < -0.4 is 11.1 Å². The highest BCUT2D eigenvalue weighted by atomic mass is 79.9. The van der Waals surface area contributed by atoms with Crippen molar-refractivity contribution in [2.75, 3.05) is 6.54 Å². The second-order valence-electron chi connectivity index (χ2n) is 6.76. The fourth-order valence-corrected chi connectivity index (χ4v) is 3.62. The summed E-state index contributed by atoms with van der Waals surface area (Å²) < 4.78 is 53.5. The topological polar surface area (TPSA) is 85.8 Å². The SMILES string of the molecule is C[C@H](NCCn1cc(Br)c(C(F)(F)F)n1)c1ncccc1-c1ccc(F)c(C(N)=O)c1. The Labute approximate surface area is 183 Å². The molecule has 0 radical (unpaired) electrons. The number of aromatic nitrogens is 3. The molecule has 0 saturated carbocycles. The lowest BCUT2D eigenvalue weighted by molar-refractivity contribution is -0.142. The zero-order valence-electron chi connectivity index (χ0n) is 16.3. The molecule has 3 N–H and O–H groups in total. The average molecular weight is 500 g/mol. The number of carbonyl (C=O) groups is 1. The summed E-state index contributed by atoms with van der Waals surface area (Å²) in [6, 6.07) is 7.24. The molecule has 0 spiro atoms. The van der Waals surface area contributed by atoms with Gasteiger partial charge in [-0.3, -0.25) is 14.5 Å². The van der Waals surface area contributed by atoms with E-state index in [-0.39, 0.29) is 22.6 Å². The quantitative estimate of drug-likeness (QED) is 0.474. The summed E-state index contributed by atoms with van der Waals surface area (Å²) in [4.78, 5) is 15.8. The highest BCUT2D eigenvalue weighted by Crippen LogP contribution is 2.33. The molecular weight excluding hydrogens is 482 g/mol. The number of carbonyl (C=O) groups excluding carboxylic acids is 1. The van der Waals surface area contributed by atoms with Gasteiger partial charge in [-0.25, -0.2) is 4.39 Å². The maximum atomic E-state index is 13.8.